The number of nitrogens with zero attached hydrogens (tertiary/aromatic N) is 5. The number of hydrogen-bond acceptors (Lipinski definition) is 6. The van der Waals surface area contributed by atoms with Gasteiger partial charge in [-0.25, -0.2) is 4.68 Å². The van der Waals surface area contributed by atoms with Crippen LogP contribution < -0.4 is 5.32 Å². The summed E-state index contributed by atoms with van der Waals surface area (Å²) in [6.45, 7) is 6.27. The molecule has 0 atom stereocenters. The van der Waals surface area contributed by atoms with Crippen molar-refractivity contribution in [1.82, 2.24) is 30.5 Å². The van der Waals surface area contributed by atoms with Gasteiger partial charge in [0, 0.05) is 13.0 Å². The molecule has 0 aliphatic heterocycles. The van der Waals surface area contributed by atoms with Gasteiger partial charge in [-0.1, -0.05) is 24.2 Å². The topological polar surface area (TPSA) is 81.7 Å². The van der Waals surface area contributed by atoms with E-state index >= 15 is 0 Å². The summed E-state index contributed by atoms with van der Waals surface area (Å²) in [6.07, 6.45) is 3.70. The molecule has 0 bridgehead atoms. The van der Waals surface area contributed by atoms with Gasteiger partial charge in [-0.15, -0.1) is 5.10 Å². The van der Waals surface area contributed by atoms with Crippen molar-refractivity contribution in [3.63, 3.8) is 0 Å². The highest BCUT2D eigenvalue weighted by atomic mass is 16.5. The van der Waals surface area contributed by atoms with Crippen molar-refractivity contribution in [2.45, 2.75) is 39.8 Å². The van der Waals surface area contributed by atoms with E-state index in [9.17, 15) is 0 Å². The molecule has 0 unspecified atom stereocenters. The fourth-order valence-electron chi connectivity index (χ4n) is 1.56. The molecule has 7 nitrogen and oxygen atoms in total. The van der Waals surface area contributed by atoms with Crippen molar-refractivity contribution in [3.05, 3.63) is 23.6 Å². The van der Waals surface area contributed by atoms with E-state index in [0.717, 1.165) is 31.6 Å². The van der Waals surface area contributed by atoms with E-state index in [-0.39, 0.29) is 0 Å². The Kier molecular flexibility index (Phi) is 4.40. The number of aryl methyl sites for hydroxylation is 1. The number of rotatable bonds is 7. The summed E-state index contributed by atoms with van der Waals surface area (Å²) >= 11 is 0. The molecule has 0 saturated heterocycles. The SMILES string of the molecule is CCCc1nc(Cn2cc(CNCC)nn2)no1. The average molecular weight is 250 g/mol. The van der Waals surface area contributed by atoms with E-state index < -0.39 is 0 Å². The minimum atomic E-state index is 0.492. The summed E-state index contributed by atoms with van der Waals surface area (Å²) < 4.78 is 6.83. The fourth-order valence-corrected chi connectivity index (χ4v) is 1.56. The van der Waals surface area contributed by atoms with Gasteiger partial charge in [-0.05, 0) is 13.0 Å². The third-order valence-electron chi connectivity index (χ3n) is 2.42. The van der Waals surface area contributed by atoms with Crippen molar-refractivity contribution >= 4 is 0 Å². The Bertz CT molecular complexity index is 477. The molecule has 0 fully saturated rings. The summed E-state index contributed by atoms with van der Waals surface area (Å²) in [5, 5.41) is 15.2. The van der Waals surface area contributed by atoms with E-state index in [1.165, 1.54) is 0 Å². The molecule has 98 valence electrons. The van der Waals surface area contributed by atoms with Crippen molar-refractivity contribution < 1.29 is 4.52 Å². The van der Waals surface area contributed by atoms with E-state index in [2.05, 4.69) is 39.6 Å². The van der Waals surface area contributed by atoms with E-state index in [1.807, 2.05) is 6.20 Å². The first-order chi connectivity index (χ1) is 8.81. The van der Waals surface area contributed by atoms with Crippen LogP contribution in [0.4, 0.5) is 0 Å². The standard InChI is InChI=1S/C11H18N6O/c1-3-5-11-13-10(15-18-11)8-17-7-9(14-16-17)6-12-4-2/h7,12H,3-6,8H2,1-2H3. The third kappa shape index (κ3) is 3.36. The molecule has 0 amide bonds. The molecule has 0 spiro atoms. The van der Waals surface area contributed by atoms with Gasteiger partial charge in [0.25, 0.3) is 0 Å². The van der Waals surface area contributed by atoms with Crippen molar-refractivity contribution in [2.24, 2.45) is 0 Å². The largest absolute Gasteiger partial charge is 0.339 e. The zero-order chi connectivity index (χ0) is 12.8. The Hall–Kier alpha value is -1.76. The lowest BCUT2D eigenvalue weighted by Gasteiger charge is -1.94. The van der Waals surface area contributed by atoms with Crippen LogP contribution in [0.3, 0.4) is 0 Å². The summed E-state index contributed by atoms with van der Waals surface area (Å²) in [4.78, 5) is 4.28. The first-order valence-electron chi connectivity index (χ1n) is 6.23. The first-order valence-corrected chi connectivity index (χ1v) is 6.23. The highest BCUT2D eigenvalue weighted by Gasteiger charge is 2.07. The Labute approximate surface area is 106 Å². The van der Waals surface area contributed by atoms with Gasteiger partial charge in [0.15, 0.2) is 5.82 Å². The molecule has 2 aromatic heterocycles. The normalized spacial score (nSPS) is 11.0. The lowest BCUT2D eigenvalue weighted by atomic mass is 10.3. The molecular weight excluding hydrogens is 232 g/mol. The molecule has 0 saturated carbocycles. The highest BCUT2D eigenvalue weighted by Crippen LogP contribution is 2.02. The van der Waals surface area contributed by atoms with E-state index in [4.69, 9.17) is 4.52 Å². The number of hydrogen-bond donors (Lipinski definition) is 1. The van der Waals surface area contributed by atoms with Gasteiger partial charge < -0.3 is 9.84 Å². The Morgan fingerprint density at radius 1 is 1.39 bits per heavy atom. The maximum absolute atomic E-state index is 5.11. The zero-order valence-corrected chi connectivity index (χ0v) is 10.8. The van der Waals surface area contributed by atoms with Crippen LogP contribution in [0.5, 0.6) is 0 Å². The predicted molar refractivity (Wildman–Crippen MR) is 64.8 cm³/mol. The number of nitrogens with one attached hydrogen (secondary N) is 1. The zero-order valence-electron chi connectivity index (χ0n) is 10.8. The van der Waals surface area contributed by atoms with Crippen LogP contribution in [0.15, 0.2) is 10.7 Å². The molecule has 2 aromatic rings. The Balaban J connectivity index is 1.93. The Morgan fingerprint density at radius 2 is 2.28 bits per heavy atom. The molecule has 2 heterocycles. The summed E-state index contributed by atoms with van der Waals surface area (Å²) in [5.41, 5.74) is 0.911. The minimum absolute atomic E-state index is 0.492. The average Bonchev–Trinajstić information content (AvgIpc) is 2.98. The van der Waals surface area contributed by atoms with Crippen LogP contribution in [-0.4, -0.2) is 31.7 Å². The van der Waals surface area contributed by atoms with Gasteiger partial charge in [0.05, 0.1) is 11.9 Å². The molecule has 0 aliphatic carbocycles. The molecule has 7 heteroatoms. The van der Waals surface area contributed by atoms with Gasteiger partial charge >= 0.3 is 0 Å². The molecule has 0 aromatic carbocycles. The molecule has 18 heavy (non-hydrogen) atoms. The maximum atomic E-state index is 5.11. The monoisotopic (exact) mass is 250 g/mol. The molecule has 0 aliphatic rings. The van der Waals surface area contributed by atoms with Crippen molar-refractivity contribution in [3.8, 4) is 0 Å². The third-order valence-corrected chi connectivity index (χ3v) is 2.42. The van der Waals surface area contributed by atoms with Gasteiger partial charge in [0.2, 0.25) is 5.89 Å². The quantitative estimate of drug-likeness (QED) is 0.781. The lowest BCUT2D eigenvalue weighted by Crippen LogP contribution is -2.11. The lowest BCUT2D eigenvalue weighted by molar-refractivity contribution is 0.370. The second kappa shape index (κ2) is 6.25. The smallest absolute Gasteiger partial charge is 0.226 e. The molecular formula is C11H18N6O. The predicted octanol–water partition coefficient (Wildman–Crippen LogP) is 0.771. The van der Waals surface area contributed by atoms with Gasteiger partial charge in [-0.2, -0.15) is 4.98 Å². The van der Waals surface area contributed by atoms with Crippen LogP contribution in [0.25, 0.3) is 0 Å². The molecule has 2 rings (SSSR count). The van der Waals surface area contributed by atoms with Crippen LogP contribution in [0.1, 0.15) is 37.7 Å². The maximum Gasteiger partial charge on any atom is 0.226 e. The van der Waals surface area contributed by atoms with E-state index in [0.29, 0.717) is 18.3 Å². The second-order valence-electron chi connectivity index (χ2n) is 4.04. The summed E-state index contributed by atoms with van der Waals surface area (Å²) in [5.74, 6) is 1.32. The number of aromatic nitrogens is 5. The van der Waals surface area contributed by atoms with E-state index in [1.54, 1.807) is 4.68 Å². The second-order valence-corrected chi connectivity index (χ2v) is 4.04. The Morgan fingerprint density at radius 3 is 3.06 bits per heavy atom. The fraction of sp³-hybridized carbons (Fsp3) is 0.636. The van der Waals surface area contributed by atoms with Gasteiger partial charge in [0.1, 0.15) is 6.54 Å². The first kappa shape index (κ1) is 12.7. The van der Waals surface area contributed by atoms with Crippen LogP contribution in [-0.2, 0) is 19.5 Å². The summed E-state index contributed by atoms with van der Waals surface area (Å²) in [6, 6.07) is 0. The van der Waals surface area contributed by atoms with Crippen molar-refractivity contribution in [2.75, 3.05) is 6.54 Å². The van der Waals surface area contributed by atoms with Crippen LogP contribution in [0, 0.1) is 0 Å². The minimum Gasteiger partial charge on any atom is -0.339 e. The van der Waals surface area contributed by atoms with Crippen LogP contribution in [0.2, 0.25) is 0 Å². The van der Waals surface area contributed by atoms with Crippen molar-refractivity contribution in [1.29, 1.82) is 0 Å². The summed E-state index contributed by atoms with van der Waals surface area (Å²) in [7, 11) is 0. The molecule has 1 N–H and O–H groups in total. The van der Waals surface area contributed by atoms with Gasteiger partial charge in [-0.3, -0.25) is 0 Å². The molecule has 0 radical (unpaired) electrons. The van der Waals surface area contributed by atoms with Crippen LogP contribution >= 0.6 is 0 Å². The highest BCUT2D eigenvalue weighted by molar-refractivity contribution is 4.94.